The lowest BCUT2D eigenvalue weighted by Crippen LogP contribution is -2.28. The molecule has 0 radical (unpaired) electrons. The Kier molecular flexibility index (Phi) is 5.47. The number of Topliss-reactive ketones (excluding diaryl/α,β-unsaturated/α-hetero) is 1. The van der Waals surface area contributed by atoms with Gasteiger partial charge in [-0.05, 0) is 69.3 Å². The predicted molar refractivity (Wildman–Crippen MR) is 140 cm³/mol. The van der Waals surface area contributed by atoms with Crippen LogP contribution in [-0.2, 0) is 27.8 Å². The zero-order valence-electron chi connectivity index (χ0n) is 20.1. The van der Waals surface area contributed by atoms with Crippen molar-refractivity contribution in [2.24, 2.45) is 0 Å². The number of hydrogen-bond donors (Lipinski definition) is 0. The molecule has 0 unspecified atom stereocenters. The van der Waals surface area contributed by atoms with Gasteiger partial charge >= 0.3 is 15.6 Å². The molecule has 38 heavy (non-hydrogen) atoms. The lowest BCUT2D eigenvalue weighted by atomic mass is 9.81. The van der Waals surface area contributed by atoms with Crippen LogP contribution in [0, 0.1) is 6.92 Å². The molecular weight excluding hydrogens is 515 g/mol. The van der Waals surface area contributed by atoms with Gasteiger partial charge in [0.2, 0.25) is 5.88 Å². The number of pyridine rings is 1. The summed E-state index contributed by atoms with van der Waals surface area (Å²) >= 11 is 0. The molecule has 1 heterocycles. The smallest absolute Gasteiger partial charge is 0.355 e. The Morgan fingerprint density at radius 1 is 0.895 bits per heavy atom. The lowest BCUT2D eigenvalue weighted by molar-refractivity contribution is -0.118. The highest BCUT2D eigenvalue weighted by Gasteiger charge is 2.49. The molecule has 6 rings (SSSR count). The van der Waals surface area contributed by atoms with Crippen molar-refractivity contribution in [2.45, 2.75) is 31.7 Å². The van der Waals surface area contributed by atoms with Crippen molar-refractivity contribution in [1.82, 2.24) is 4.98 Å². The van der Waals surface area contributed by atoms with Gasteiger partial charge in [0.1, 0.15) is 5.78 Å². The van der Waals surface area contributed by atoms with E-state index < -0.39 is 21.5 Å². The summed E-state index contributed by atoms with van der Waals surface area (Å²) in [6.07, 6.45) is 1.08. The second-order valence-corrected chi connectivity index (χ2v) is 10.9. The van der Waals surface area contributed by atoms with Gasteiger partial charge in [-0.25, -0.2) is 4.98 Å². The monoisotopic (exact) mass is 535 g/mol. The molecule has 0 atom stereocenters. The van der Waals surface area contributed by atoms with Crippen molar-refractivity contribution in [1.29, 1.82) is 0 Å². The van der Waals surface area contributed by atoms with Gasteiger partial charge in [0.05, 0.1) is 5.52 Å². The second kappa shape index (κ2) is 8.52. The van der Waals surface area contributed by atoms with E-state index in [1.54, 1.807) is 30.3 Å². The van der Waals surface area contributed by atoms with Crippen LogP contribution in [0.1, 0.15) is 23.1 Å². The number of aromatic nitrogens is 1. The Bertz CT molecular complexity index is 1910. The molecule has 0 fully saturated rings. The molecule has 9 heteroatoms. The van der Waals surface area contributed by atoms with E-state index in [4.69, 9.17) is 4.18 Å². The molecule has 5 aromatic rings. The lowest BCUT2D eigenvalue weighted by Gasteiger charge is -2.23. The Labute approximate surface area is 216 Å². The molecule has 0 spiro atoms. The van der Waals surface area contributed by atoms with Gasteiger partial charge in [-0.15, -0.1) is 0 Å². The Morgan fingerprint density at radius 3 is 2.37 bits per heavy atom. The van der Waals surface area contributed by atoms with Gasteiger partial charge in [0, 0.05) is 23.8 Å². The normalized spacial score (nSPS) is 14.3. The van der Waals surface area contributed by atoms with Crippen molar-refractivity contribution in [3.8, 4) is 17.0 Å². The van der Waals surface area contributed by atoms with Crippen LogP contribution in [0.3, 0.4) is 0 Å². The highest BCUT2D eigenvalue weighted by atomic mass is 32.2. The van der Waals surface area contributed by atoms with E-state index in [-0.39, 0.29) is 17.8 Å². The van der Waals surface area contributed by atoms with Crippen LogP contribution < -0.4 is 4.18 Å². The van der Waals surface area contributed by atoms with E-state index in [2.05, 4.69) is 4.98 Å². The van der Waals surface area contributed by atoms with Crippen LogP contribution in [0.4, 0.5) is 13.2 Å². The van der Waals surface area contributed by atoms with Gasteiger partial charge in [-0.2, -0.15) is 21.6 Å². The summed E-state index contributed by atoms with van der Waals surface area (Å²) in [6, 6.07) is 19.9. The van der Waals surface area contributed by atoms with Crippen molar-refractivity contribution in [3.63, 3.8) is 0 Å². The van der Waals surface area contributed by atoms with Gasteiger partial charge in [0.15, 0.2) is 0 Å². The SMILES string of the molecule is Cc1c(-c2cc3ccccc3nc2OS(=O)(=O)C(F)(F)F)c2c3c(ccc2c2ccccc12)CC(=O)CC3. The molecule has 1 aliphatic rings. The van der Waals surface area contributed by atoms with Gasteiger partial charge in [-0.1, -0.05) is 54.6 Å². The third kappa shape index (κ3) is 3.80. The van der Waals surface area contributed by atoms with Crippen molar-refractivity contribution < 1.29 is 30.6 Å². The fourth-order valence-electron chi connectivity index (χ4n) is 5.41. The van der Waals surface area contributed by atoms with Crippen LogP contribution in [0.25, 0.3) is 43.6 Å². The number of alkyl halides is 3. The Balaban J connectivity index is 1.78. The standard InChI is InChI=1S/C29H20F3NO4S/c1-16-20-7-3-4-8-22(20)23-12-10-17-14-19(34)11-13-21(17)27(23)26(16)24-15-18-6-2-5-9-25(18)33-28(24)37-38(35,36)29(30,31)32/h2-10,12,15H,11,13-14H2,1H3. The third-order valence-electron chi connectivity index (χ3n) is 7.13. The average molecular weight is 536 g/mol. The van der Waals surface area contributed by atoms with Gasteiger partial charge < -0.3 is 4.18 Å². The largest absolute Gasteiger partial charge is 0.534 e. The molecule has 0 saturated heterocycles. The predicted octanol–water partition coefficient (Wildman–Crippen LogP) is 6.80. The van der Waals surface area contributed by atoms with Crippen LogP contribution in [-0.4, -0.2) is 24.7 Å². The number of fused-ring (bicyclic) bond motifs is 6. The zero-order chi connectivity index (χ0) is 26.8. The first-order valence-corrected chi connectivity index (χ1v) is 13.3. The molecule has 192 valence electrons. The first kappa shape index (κ1) is 24.4. The first-order valence-electron chi connectivity index (χ1n) is 11.9. The number of carbonyl (C=O) groups is 1. The number of hydrogen-bond acceptors (Lipinski definition) is 5. The van der Waals surface area contributed by atoms with E-state index in [9.17, 15) is 26.4 Å². The molecule has 4 aromatic carbocycles. The molecule has 5 nitrogen and oxygen atoms in total. The summed E-state index contributed by atoms with van der Waals surface area (Å²) in [4.78, 5) is 16.5. The van der Waals surface area contributed by atoms with Gasteiger partial charge in [-0.3, -0.25) is 4.79 Å². The molecule has 0 aliphatic heterocycles. The van der Waals surface area contributed by atoms with E-state index in [1.165, 1.54) is 0 Å². The molecule has 1 aromatic heterocycles. The molecule has 0 amide bonds. The number of carbonyl (C=O) groups excluding carboxylic acids is 1. The molecule has 0 N–H and O–H groups in total. The van der Waals surface area contributed by atoms with Crippen molar-refractivity contribution in [2.75, 3.05) is 0 Å². The quantitative estimate of drug-likeness (QED) is 0.144. The summed E-state index contributed by atoms with van der Waals surface area (Å²) < 4.78 is 69.2. The fraction of sp³-hybridized carbons (Fsp3) is 0.172. The topological polar surface area (TPSA) is 73.3 Å². The zero-order valence-corrected chi connectivity index (χ0v) is 20.9. The number of rotatable bonds is 3. The Hall–Kier alpha value is -3.98. The Morgan fingerprint density at radius 2 is 1.61 bits per heavy atom. The second-order valence-electron chi connectivity index (χ2n) is 9.40. The van der Waals surface area contributed by atoms with E-state index in [0.717, 1.165) is 38.2 Å². The van der Waals surface area contributed by atoms with Crippen LogP contribution in [0.2, 0.25) is 0 Å². The number of benzene rings is 4. The van der Waals surface area contributed by atoms with E-state index in [0.29, 0.717) is 29.3 Å². The average Bonchev–Trinajstić information content (AvgIpc) is 2.87. The van der Waals surface area contributed by atoms with Crippen LogP contribution in [0.5, 0.6) is 5.88 Å². The number of aryl methyl sites for hydroxylation is 2. The van der Waals surface area contributed by atoms with Crippen LogP contribution >= 0.6 is 0 Å². The number of para-hydroxylation sites is 1. The maximum Gasteiger partial charge on any atom is 0.534 e. The summed E-state index contributed by atoms with van der Waals surface area (Å²) in [5.41, 5.74) is -2.15. The molecule has 0 saturated carbocycles. The van der Waals surface area contributed by atoms with Crippen molar-refractivity contribution in [3.05, 3.63) is 83.4 Å². The molecular formula is C29H20F3NO4S. The first-order chi connectivity index (χ1) is 18.0. The molecule has 0 bridgehead atoms. The fourth-order valence-corrected chi connectivity index (χ4v) is 5.84. The minimum absolute atomic E-state index is 0.114. The van der Waals surface area contributed by atoms with E-state index in [1.807, 2.05) is 43.3 Å². The summed E-state index contributed by atoms with van der Waals surface area (Å²) in [5.74, 6) is -0.534. The summed E-state index contributed by atoms with van der Waals surface area (Å²) in [5, 5.41) is 4.03. The summed E-state index contributed by atoms with van der Waals surface area (Å²) in [6.45, 7) is 1.85. The number of ketones is 1. The highest BCUT2D eigenvalue weighted by molar-refractivity contribution is 7.88. The number of halogens is 3. The van der Waals surface area contributed by atoms with Gasteiger partial charge in [0.25, 0.3) is 0 Å². The maximum atomic E-state index is 13.4. The van der Waals surface area contributed by atoms with Crippen LogP contribution in [0.15, 0.2) is 66.7 Å². The maximum absolute atomic E-state index is 13.4. The minimum atomic E-state index is -5.99. The minimum Gasteiger partial charge on any atom is -0.355 e. The van der Waals surface area contributed by atoms with E-state index >= 15 is 0 Å². The highest BCUT2D eigenvalue weighted by Crippen LogP contribution is 2.46. The van der Waals surface area contributed by atoms with Crippen molar-refractivity contribution >= 4 is 48.3 Å². The molecule has 1 aliphatic carbocycles. The third-order valence-corrected chi connectivity index (χ3v) is 8.07. The summed E-state index contributed by atoms with van der Waals surface area (Å²) in [7, 11) is -5.99. The number of nitrogens with zero attached hydrogens (tertiary/aromatic N) is 1.